The van der Waals surface area contributed by atoms with Gasteiger partial charge < -0.3 is 9.52 Å². The first-order valence-corrected chi connectivity index (χ1v) is 7.69. The van der Waals surface area contributed by atoms with Gasteiger partial charge in [0, 0.05) is 22.5 Å². The van der Waals surface area contributed by atoms with Gasteiger partial charge in [-0.1, -0.05) is 24.4 Å². The highest BCUT2D eigenvalue weighted by atomic mass is 35.5. The molecule has 1 N–H and O–H groups in total. The molecule has 0 unspecified atom stereocenters. The van der Waals surface area contributed by atoms with Crippen molar-refractivity contribution in [2.45, 2.75) is 32.2 Å². The number of halogens is 1. The molecule has 0 saturated carbocycles. The third-order valence-corrected chi connectivity index (χ3v) is 4.26. The number of carboxylic acids is 1. The van der Waals surface area contributed by atoms with Crippen LogP contribution < -0.4 is 0 Å². The maximum atomic E-state index is 11.4. The van der Waals surface area contributed by atoms with E-state index >= 15 is 0 Å². The van der Waals surface area contributed by atoms with E-state index in [1.54, 1.807) is 18.2 Å². The minimum atomic E-state index is -1.02. The summed E-state index contributed by atoms with van der Waals surface area (Å²) in [6, 6.07) is 5.24. The van der Waals surface area contributed by atoms with Gasteiger partial charge in [0.25, 0.3) is 0 Å². The molecular formula is C16H18ClNO3. The van der Waals surface area contributed by atoms with Crippen LogP contribution in [0.1, 0.15) is 41.8 Å². The molecule has 5 heteroatoms. The Kier molecular flexibility index (Phi) is 4.17. The molecule has 0 aliphatic carbocycles. The van der Waals surface area contributed by atoms with Crippen molar-refractivity contribution in [1.29, 1.82) is 0 Å². The summed E-state index contributed by atoms with van der Waals surface area (Å²) in [6.45, 7) is 2.62. The van der Waals surface area contributed by atoms with Gasteiger partial charge in [0.2, 0.25) is 5.76 Å². The molecule has 1 saturated heterocycles. The minimum Gasteiger partial charge on any atom is -0.475 e. The molecule has 1 fully saturated rings. The molecule has 0 spiro atoms. The second kappa shape index (κ2) is 6.08. The molecule has 1 aromatic heterocycles. The first kappa shape index (κ1) is 14.4. The summed E-state index contributed by atoms with van der Waals surface area (Å²) in [4.78, 5) is 13.8. The monoisotopic (exact) mass is 307 g/mol. The fourth-order valence-electron chi connectivity index (χ4n) is 2.97. The first-order valence-electron chi connectivity index (χ1n) is 7.32. The SMILES string of the molecule is O=C(O)c1oc2ccc(Cl)cc2c1CN1CCCCCC1. The molecular weight excluding hydrogens is 290 g/mol. The van der Waals surface area contributed by atoms with Gasteiger partial charge in [0.1, 0.15) is 5.58 Å². The average molecular weight is 308 g/mol. The van der Waals surface area contributed by atoms with Crippen LogP contribution in [0.3, 0.4) is 0 Å². The predicted octanol–water partition coefficient (Wildman–Crippen LogP) is 4.16. The molecule has 0 radical (unpaired) electrons. The van der Waals surface area contributed by atoms with Gasteiger partial charge in [-0.3, -0.25) is 4.90 Å². The van der Waals surface area contributed by atoms with Gasteiger partial charge >= 0.3 is 5.97 Å². The van der Waals surface area contributed by atoms with E-state index in [0.29, 0.717) is 17.2 Å². The molecule has 1 aliphatic rings. The summed E-state index contributed by atoms with van der Waals surface area (Å²) in [6.07, 6.45) is 4.83. The lowest BCUT2D eigenvalue weighted by Crippen LogP contribution is -2.24. The van der Waals surface area contributed by atoms with E-state index < -0.39 is 5.97 Å². The van der Waals surface area contributed by atoms with Crippen molar-refractivity contribution in [3.8, 4) is 0 Å². The molecule has 1 aliphatic heterocycles. The van der Waals surface area contributed by atoms with Gasteiger partial charge in [-0.05, 0) is 44.1 Å². The first-order chi connectivity index (χ1) is 10.1. The van der Waals surface area contributed by atoms with E-state index in [0.717, 1.165) is 24.0 Å². The van der Waals surface area contributed by atoms with Crippen molar-refractivity contribution < 1.29 is 14.3 Å². The van der Waals surface area contributed by atoms with Crippen molar-refractivity contribution in [1.82, 2.24) is 4.90 Å². The number of nitrogens with zero attached hydrogens (tertiary/aromatic N) is 1. The van der Waals surface area contributed by atoms with Gasteiger partial charge in [0.15, 0.2) is 0 Å². The van der Waals surface area contributed by atoms with E-state index in [9.17, 15) is 9.90 Å². The average Bonchev–Trinajstić information content (AvgIpc) is 2.63. The smallest absolute Gasteiger partial charge is 0.372 e. The molecule has 112 valence electrons. The fourth-order valence-corrected chi connectivity index (χ4v) is 3.14. The summed E-state index contributed by atoms with van der Waals surface area (Å²) in [5.74, 6) is -0.983. The number of likely N-dealkylation sites (tertiary alicyclic amines) is 1. The number of hydrogen-bond donors (Lipinski definition) is 1. The largest absolute Gasteiger partial charge is 0.475 e. The number of carbonyl (C=O) groups is 1. The number of carboxylic acid groups (broad SMARTS) is 1. The lowest BCUT2D eigenvalue weighted by atomic mass is 10.1. The molecule has 0 atom stereocenters. The van der Waals surface area contributed by atoms with Crippen LogP contribution in [0.2, 0.25) is 5.02 Å². The Bertz CT molecular complexity index is 657. The third kappa shape index (κ3) is 3.06. The standard InChI is InChI=1S/C16H18ClNO3/c17-11-5-6-14-12(9-11)13(15(21-14)16(19)20)10-18-7-3-1-2-4-8-18/h5-6,9H,1-4,7-8,10H2,(H,19,20). The molecule has 21 heavy (non-hydrogen) atoms. The zero-order chi connectivity index (χ0) is 14.8. The highest BCUT2D eigenvalue weighted by Gasteiger charge is 2.22. The van der Waals surface area contributed by atoms with E-state index in [1.807, 2.05) is 0 Å². The Morgan fingerprint density at radius 3 is 2.62 bits per heavy atom. The zero-order valence-electron chi connectivity index (χ0n) is 11.8. The van der Waals surface area contributed by atoms with Crippen LogP contribution >= 0.6 is 11.6 Å². The van der Waals surface area contributed by atoms with Crippen molar-refractivity contribution in [2.24, 2.45) is 0 Å². The van der Waals surface area contributed by atoms with Gasteiger partial charge in [0.05, 0.1) is 0 Å². The van der Waals surface area contributed by atoms with Crippen molar-refractivity contribution in [2.75, 3.05) is 13.1 Å². The number of aromatic carboxylic acids is 1. The maximum Gasteiger partial charge on any atom is 0.372 e. The normalized spacial score (nSPS) is 17.0. The van der Waals surface area contributed by atoms with Crippen LogP contribution in [0.4, 0.5) is 0 Å². The molecule has 1 aromatic carbocycles. The van der Waals surface area contributed by atoms with Crippen molar-refractivity contribution in [3.05, 3.63) is 34.5 Å². The molecule has 2 heterocycles. The Morgan fingerprint density at radius 2 is 1.95 bits per heavy atom. The van der Waals surface area contributed by atoms with Crippen LogP contribution in [-0.4, -0.2) is 29.1 Å². The van der Waals surface area contributed by atoms with Gasteiger partial charge in [-0.15, -0.1) is 0 Å². The van der Waals surface area contributed by atoms with Crippen LogP contribution in [0.25, 0.3) is 11.0 Å². The third-order valence-electron chi connectivity index (χ3n) is 4.03. The quantitative estimate of drug-likeness (QED) is 0.925. The maximum absolute atomic E-state index is 11.4. The summed E-state index contributed by atoms with van der Waals surface area (Å²) in [5.41, 5.74) is 1.32. The van der Waals surface area contributed by atoms with Crippen molar-refractivity contribution in [3.63, 3.8) is 0 Å². The lowest BCUT2D eigenvalue weighted by Gasteiger charge is -2.19. The Hall–Kier alpha value is -1.52. The number of hydrogen-bond acceptors (Lipinski definition) is 3. The highest BCUT2D eigenvalue weighted by Crippen LogP contribution is 2.30. The Labute approximate surface area is 128 Å². The molecule has 2 aromatic rings. The summed E-state index contributed by atoms with van der Waals surface area (Å²) in [5, 5.41) is 10.8. The van der Waals surface area contributed by atoms with Crippen LogP contribution in [0, 0.1) is 0 Å². The van der Waals surface area contributed by atoms with Gasteiger partial charge in [-0.25, -0.2) is 4.79 Å². The second-order valence-corrected chi connectivity index (χ2v) is 5.98. The Balaban J connectivity index is 1.99. The van der Waals surface area contributed by atoms with Crippen LogP contribution in [0.15, 0.2) is 22.6 Å². The van der Waals surface area contributed by atoms with E-state index in [-0.39, 0.29) is 5.76 Å². The lowest BCUT2D eigenvalue weighted by molar-refractivity contribution is 0.0661. The molecule has 3 rings (SSSR count). The summed E-state index contributed by atoms with van der Waals surface area (Å²) >= 11 is 6.05. The Morgan fingerprint density at radius 1 is 1.24 bits per heavy atom. The zero-order valence-corrected chi connectivity index (χ0v) is 12.5. The number of rotatable bonds is 3. The number of benzene rings is 1. The van der Waals surface area contributed by atoms with E-state index in [1.165, 1.54) is 25.7 Å². The van der Waals surface area contributed by atoms with Crippen LogP contribution in [0.5, 0.6) is 0 Å². The minimum absolute atomic E-state index is 0.0384. The van der Waals surface area contributed by atoms with Crippen LogP contribution in [-0.2, 0) is 6.54 Å². The second-order valence-electron chi connectivity index (χ2n) is 5.55. The molecule has 4 nitrogen and oxygen atoms in total. The predicted molar refractivity (Wildman–Crippen MR) is 81.9 cm³/mol. The summed E-state index contributed by atoms with van der Waals surface area (Å²) < 4.78 is 5.50. The molecule has 0 amide bonds. The highest BCUT2D eigenvalue weighted by molar-refractivity contribution is 6.31. The molecule has 0 bridgehead atoms. The summed E-state index contributed by atoms with van der Waals surface area (Å²) in [7, 11) is 0. The topological polar surface area (TPSA) is 53.7 Å². The van der Waals surface area contributed by atoms with E-state index in [4.69, 9.17) is 16.0 Å². The van der Waals surface area contributed by atoms with E-state index in [2.05, 4.69) is 4.90 Å². The number of furan rings is 1. The van der Waals surface area contributed by atoms with Gasteiger partial charge in [-0.2, -0.15) is 0 Å². The van der Waals surface area contributed by atoms with Crippen molar-refractivity contribution >= 4 is 28.5 Å². The fraction of sp³-hybridized carbons (Fsp3) is 0.438. The number of fused-ring (bicyclic) bond motifs is 1.